The van der Waals surface area contributed by atoms with E-state index in [1.54, 1.807) is 6.08 Å². The SMILES string of the molecule is CCC/C=C(\C#N)COC=O. The third-order valence-electron chi connectivity index (χ3n) is 1.13. The molecule has 0 aromatic carbocycles. The highest BCUT2D eigenvalue weighted by Crippen LogP contribution is 1.97. The zero-order chi connectivity index (χ0) is 8.53. The normalized spacial score (nSPS) is 10.4. The molecule has 0 saturated heterocycles. The molecule has 0 radical (unpaired) electrons. The van der Waals surface area contributed by atoms with E-state index in [4.69, 9.17) is 5.26 Å². The first-order valence-corrected chi connectivity index (χ1v) is 3.49. The maximum atomic E-state index is 9.74. The number of unbranched alkanes of at least 4 members (excludes halogenated alkanes) is 1. The van der Waals surface area contributed by atoms with Gasteiger partial charge >= 0.3 is 0 Å². The predicted molar refractivity (Wildman–Crippen MR) is 40.6 cm³/mol. The van der Waals surface area contributed by atoms with E-state index in [1.807, 2.05) is 13.0 Å². The Hall–Kier alpha value is -1.30. The van der Waals surface area contributed by atoms with Gasteiger partial charge in [-0.05, 0) is 6.42 Å². The van der Waals surface area contributed by atoms with Gasteiger partial charge in [-0.2, -0.15) is 5.26 Å². The van der Waals surface area contributed by atoms with Crippen LogP contribution >= 0.6 is 0 Å². The molecule has 0 heterocycles. The second-order valence-electron chi connectivity index (χ2n) is 2.04. The summed E-state index contributed by atoms with van der Waals surface area (Å²) in [4.78, 5) is 9.74. The summed E-state index contributed by atoms with van der Waals surface area (Å²) >= 11 is 0. The van der Waals surface area contributed by atoms with Crippen LogP contribution in [0.1, 0.15) is 19.8 Å². The van der Waals surface area contributed by atoms with Crippen molar-refractivity contribution in [1.82, 2.24) is 0 Å². The van der Waals surface area contributed by atoms with Crippen molar-refractivity contribution in [3.8, 4) is 6.07 Å². The van der Waals surface area contributed by atoms with Gasteiger partial charge < -0.3 is 4.74 Å². The average Bonchev–Trinajstić information content (AvgIpc) is 2.05. The summed E-state index contributed by atoms with van der Waals surface area (Å²) in [6.07, 6.45) is 3.63. The van der Waals surface area contributed by atoms with Crippen LogP contribution < -0.4 is 0 Å². The molecule has 0 aromatic rings. The number of carbonyl (C=O) groups is 1. The Morgan fingerprint density at radius 1 is 1.73 bits per heavy atom. The summed E-state index contributed by atoms with van der Waals surface area (Å²) in [5, 5.41) is 8.47. The van der Waals surface area contributed by atoms with Crippen LogP contribution in [0.15, 0.2) is 11.6 Å². The fraction of sp³-hybridized carbons (Fsp3) is 0.500. The van der Waals surface area contributed by atoms with Gasteiger partial charge in [0.2, 0.25) is 0 Å². The lowest BCUT2D eigenvalue weighted by Crippen LogP contribution is -1.93. The minimum Gasteiger partial charge on any atom is -0.462 e. The van der Waals surface area contributed by atoms with Crippen LogP contribution in [0.4, 0.5) is 0 Å². The van der Waals surface area contributed by atoms with Crippen LogP contribution in [0, 0.1) is 11.3 Å². The monoisotopic (exact) mass is 153 g/mol. The first kappa shape index (κ1) is 9.70. The highest BCUT2D eigenvalue weighted by atomic mass is 16.5. The van der Waals surface area contributed by atoms with Gasteiger partial charge in [-0.3, -0.25) is 4.79 Å². The fourth-order valence-electron chi connectivity index (χ4n) is 0.579. The molecule has 0 aliphatic rings. The van der Waals surface area contributed by atoms with Crippen LogP contribution in [0.5, 0.6) is 0 Å². The molecule has 0 rings (SSSR count). The van der Waals surface area contributed by atoms with Crippen molar-refractivity contribution in [3.63, 3.8) is 0 Å². The summed E-state index contributed by atoms with van der Waals surface area (Å²) in [7, 11) is 0. The molecular weight excluding hydrogens is 142 g/mol. The van der Waals surface area contributed by atoms with Gasteiger partial charge in [0.1, 0.15) is 6.61 Å². The van der Waals surface area contributed by atoms with E-state index in [2.05, 4.69) is 4.74 Å². The number of nitrogens with zero attached hydrogens (tertiary/aromatic N) is 1. The number of hydrogen-bond acceptors (Lipinski definition) is 3. The molecule has 0 aromatic heterocycles. The zero-order valence-electron chi connectivity index (χ0n) is 6.54. The lowest BCUT2D eigenvalue weighted by Gasteiger charge is -1.94. The third-order valence-corrected chi connectivity index (χ3v) is 1.13. The number of hydrogen-bond donors (Lipinski definition) is 0. The average molecular weight is 153 g/mol. The third kappa shape index (κ3) is 5.16. The summed E-state index contributed by atoms with van der Waals surface area (Å²) in [6.45, 7) is 2.46. The molecule has 0 bridgehead atoms. The minimum atomic E-state index is 0.0972. The predicted octanol–water partition coefficient (Wildman–Crippen LogP) is 1.41. The quantitative estimate of drug-likeness (QED) is 0.443. The van der Waals surface area contributed by atoms with Crippen LogP contribution in [-0.2, 0) is 9.53 Å². The number of rotatable bonds is 5. The Morgan fingerprint density at radius 3 is 2.91 bits per heavy atom. The summed E-state index contributed by atoms with van der Waals surface area (Å²) in [5.74, 6) is 0. The van der Waals surface area contributed by atoms with Gasteiger partial charge in [0.25, 0.3) is 6.47 Å². The summed E-state index contributed by atoms with van der Waals surface area (Å²) in [6, 6.07) is 1.95. The molecule has 0 amide bonds. The standard InChI is InChI=1S/C8H11NO2/c1-2-3-4-8(5-9)6-11-7-10/h4,7H,2-3,6H2,1H3/b8-4+. The van der Waals surface area contributed by atoms with Crippen molar-refractivity contribution < 1.29 is 9.53 Å². The molecule has 0 fully saturated rings. The van der Waals surface area contributed by atoms with Crippen LogP contribution in [-0.4, -0.2) is 13.1 Å². The number of nitriles is 1. The molecular formula is C8H11NO2. The fourth-order valence-corrected chi connectivity index (χ4v) is 0.579. The molecule has 3 heteroatoms. The van der Waals surface area contributed by atoms with Crippen LogP contribution in [0.25, 0.3) is 0 Å². The Morgan fingerprint density at radius 2 is 2.45 bits per heavy atom. The molecule has 11 heavy (non-hydrogen) atoms. The maximum absolute atomic E-state index is 9.74. The molecule has 0 unspecified atom stereocenters. The van der Waals surface area contributed by atoms with Gasteiger partial charge in [-0.1, -0.05) is 19.4 Å². The molecule has 0 saturated carbocycles. The number of ether oxygens (including phenoxy) is 1. The Balaban J connectivity index is 3.76. The van der Waals surface area contributed by atoms with E-state index < -0.39 is 0 Å². The highest BCUT2D eigenvalue weighted by molar-refractivity contribution is 5.38. The van der Waals surface area contributed by atoms with E-state index in [1.165, 1.54) is 0 Å². The Bertz CT molecular complexity index is 179. The van der Waals surface area contributed by atoms with Crippen LogP contribution in [0.2, 0.25) is 0 Å². The van der Waals surface area contributed by atoms with Gasteiger partial charge in [0.15, 0.2) is 0 Å². The molecule has 0 aliphatic carbocycles. The van der Waals surface area contributed by atoms with Crippen molar-refractivity contribution >= 4 is 6.47 Å². The lowest BCUT2D eigenvalue weighted by atomic mass is 10.2. The second-order valence-corrected chi connectivity index (χ2v) is 2.04. The summed E-state index contributed by atoms with van der Waals surface area (Å²) < 4.78 is 4.41. The van der Waals surface area contributed by atoms with Crippen molar-refractivity contribution in [2.45, 2.75) is 19.8 Å². The lowest BCUT2D eigenvalue weighted by molar-refractivity contribution is -0.127. The minimum absolute atomic E-state index is 0.0972. The largest absolute Gasteiger partial charge is 0.462 e. The molecule has 0 spiro atoms. The van der Waals surface area contributed by atoms with E-state index in [-0.39, 0.29) is 6.61 Å². The highest BCUT2D eigenvalue weighted by Gasteiger charge is 1.92. The van der Waals surface area contributed by atoms with E-state index in [9.17, 15) is 4.79 Å². The first-order valence-electron chi connectivity index (χ1n) is 3.49. The molecule has 0 atom stereocenters. The van der Waals surface area contributed by atoms with Gasteiger partial charge in [0.05, 0.1) is 11.6 Å². The summed E-state index contributed by atoms with van der Waals surface area (Å²) in [5.41, 5.74) is 0.513. The van der Waals surface area contributed by atoms with E-state index in [0.717, 1.165) is 12.8 Å². The smallest absolute Gasteiger partial charge is 0.293 e. The maximum Gasteiger partial charge on any atom is 0.293 e. The molecule has 0 N–H and O–H groups in total. The van der Waals surface area contributed by atoms with E-state index in [0.29, 0.717) is 12.0 Å². The van der Waals surface area contributed by atoms with Crippen molar-refractivity contribution in [2.75, 3.05) is 6.61 Å². The topological polar surface area (TPSA) is 50.1 Å². The first-order chi connectivity index (χ1) is 5.35. The van der Waals surface area contributed by atoms with Crippen LogP contribution in [0.3, 0.4) is 0 Å². The number of carbonyl (C=O) groups excluding carboxylic acids is 1. The van der Waals surface area contributed by atoms with Crippen molar-refractivity contribution in [3.05, 3.63) is 11.6 Å². The molecule has 0 aliphatic heterocycles. The van der Waals surface area contributed by atoms with E-state index >= 15 is 0 Å². The molecule has 3 nitrogen and oxygen atoms in total. The van der Waals surface area contributed by atoms with Gasteiger partial charge in [-0.25, -0.2) is 0 Å². The van der Waals surface area contributed by atoms with Gasteiger partial charge in [-0.15, -0.1) is 0 Å². The zero-order valence-corrected chi connectivity index (χ0v) is 6.54. The second kappa shape index (κ2) is 6.81. The number of allylic oxidation sites excluding steroid dienone is 1. The van der Waals surface area contributed by atoms with Crippen molar-refractivity contribution in [1.29, 1.82) is 5.26 Å². The van der Waals surface area contributed by atoms with Crippen molar-refractivity contribution in [2.24, 2.45) is 0 Å². The Kier molecular flexibility index (Phi) is 6.01. The molecule has 60 valence electrons. The Labute approximate surface area is 66.3 Å². The van der Waals surface area contributed by atoms with Gasteiger partial charge in [0, 0.05) is 0 Å².